The first-order chi connectivity index (χ1) is 10.2. The summed E-state index contributed by atoms with van der Waals surface area (Å²) in [4.78, 5) is 11.8. The lowest BCUT2D eigenvalue weighted by Crippen LogP contribution is -2.33. The molecular formula is C16H23FN2O2. The van der Waals surface area contributed by atoms with Crippen molar-refractivity contribution in [2.24, 2.45) is 0 Å². The first kappa shape index (κ1) is 15.9. The summed E-state index contributed by atoms with van der Waals surface area (Å²) in [6.07, 6.45) is 3.15. The maximum Gasteiger partial charge on any atom is 0.254 e. The molecule has 0 bridgehead atoms. The minimum atomic E-state index is -0.474. The number of nitrogens with one attached hydrogen (secondary N) is 2. The van der Waals surface area contributed by atoms with Gasteiger partial charge < -0.3 is 15.4 Å². The van der Waals surface area contributed by atoms with Crippen LogP contribution in [0.25, 0.3) is 0 Å². The predicted octanol–water partition coefficient (Wildman–Crippen LogP) is 2.02. The fourth-order valence-electron chi connectivity index (χ4n) is 2.39. The van der Waals surface area contributed by atoms with Crippen LogP contribution in [0.15, 0.2) is 18.2 Å². The Morgan fingerprint density at radius 1 is 1.43 bits per heavy atom. The lowest BCUT2D eigenvalue weighted by molar-refractivity contribution is 0.0317. The third-order valence-corrected chi connectivity index (χ3v) is 3.62. The van der Waals surface area contributed by atoms with Crippen LogP contribution < -0.4 is 10.6 Å². The summed E-state index contributed by atoms with van der Waals surface area (Å²) in [6, 6.07) is 4.62. The van der Waals surface area contributed by atoms with E-state index >= 15 is 0 Å². The summed E-state index contributed by atoms with van der Waals surface area (Å²) in [7, 11) is 0. The molecule has 1 aromatic carbocycles. The Hall–Kier alpha value is -1.46. The number of carbonyl (C=O) groups is 1. The molecule has 0 atom stereocenters. The topological polar surface area (TPSA) is 50.4 Å². The average molecular weight is 294 g/mol. The van der Waals surface area contributed by atoms with Crippen LogP contribution in [0.2, 0.25) is 0 Å². The fraction of sp³-hybridized carbons (Fsp3) is 0.562. The van der Waals surface area contributed by atoms with E-state index in [0.717, 1.165) is 37.9 Å². The Balaban J connectivity index is 1.64. The minimum Gasteiger partial charge on any atom is -0.378 e. The van der Waals surface area contributed by atoms with E-state index in [1.165, 1.54) is 12.1 Å². The van der Waals surface area contributed by atoms with Crippen molar-refractivity contribution < 1.29 is 13.9 Å². The second-order valence-electron chi connectivity index (χ2n) is 5.41. The predicted molar refractivity (Wildman–Crippen MR) is 79.9 cm³/mol. The van der Waals surface area contributed by atoms with Crippen molar-refractivity contribution in [3.8, 4) is 0 Å². The zero-order valence-electron chi connectivity index (χ0n) is 12.5. The molecule has 1 aliphatic heterocycles. The third kappa shape index (κ3) is 5.10. The Kier molecular flexibility index (Phi) is 6.14. The molecular weight excluding hydrogens is 271 g/mol. The molecule has 2 rings (SSSR count). The normalized spacial score (nSPS) is 15.9. The van der Waals surface area contributed by atoms with Gasteiger partial charge in [0.1, 0.15) is 5.82 Å². The molecule has 21 heavy (non-hydrogen) atoms. The van der Waals surface area contributed by atoms with Crippen LogP contribution in [0.1, 0.15) is 35.2 Å². The largest absolute Gasteiger partial charge is 0.378 e. The number of hydrogen-bond acceptors (Lipinski definition) is 3. The van der Waals surface area contributed by atoms with Gasteiger partial charge in [-0.15, -0.1) is 0 Å². The zero-order chi connectivity index (χ0) is 15.1. The van der Waals surface area contributed by atoms with Gasteiger partial charge in [-0.1, -0.05) is 6.07 Å². The average Bonchev–Trinajstić information content (AvgIpc) is 2.47. The SMILES string of the molecule is Cc1ccc(C(=O)NCCCOC2CCNCC2)c(F)c1. The van der Waals surface area contributed by atoms with Crippen LogP contribution in [0.5, 0.6) is 0 Å². The number of hydrogen-bond donors (Lipinski definition) is 2. The van der Waals surface area contributed by atoms with Gasteiger partial charge in [-0.25, -0.2) is 4.39 Å². The number of halogens is 1. The van der Waals surface area contributed by atoms with Crippen LogP contribution in [0.4, 0.5) is 4.39 Å². The fourth-order valence-corrected chi connectivity index (χ4v) is 2.39. The highest BCUT2D eigenvalue weighted by atomic mass is 19.1. The number of carbonyl (C=O) groups excluding carboxylic acids is 1. The monoisotopic (exact) mass is 294 g/mol. The van der Waals surface area contributed by atoms with E-state index in [2.05, 4.69) is 10.6 Å². The van der Waals surface area contributed by atoms with Crippen molar-refractivity contribution in [3.63, 3.8) is 0 Å². The molecule has 1 amide bonds. The number of benzene rings is 1. The van der Waals surface area contributed by atoms with Crippen molar-refractivity contribution in [2.45, 2.75) is 32.3 Å². The van der Waals surface area contributed by atoms with Crippen molar-refractivity contribution in [2.75, 3.05) is 26.2 Å². The molecule has 1 aromatic rings. The molecule has 116 valence electrons. The molecule has 0 radical (unpaired) electrons. The number of amides is 1. The maximum atomic E-state index is 13.6. The Morgan fingerprint density at radius 3 is 2.90 bits per heavy atom. The van der Waals surface area contributed by atoms with Gasteiger partial charge in [-0.2, -0.15) is 0 Å². The minimum absolute atomic E-state index is 0.0971. The van der Waals surface area contributed by atoms with Gasteiger partial charge in [0.15, 0.2) is 0 Å². The van der Waals surface area contributed by atoms with Crippen molar-refractivity contribution in [3.05, 3.63) is 35.1 Å². The lowest BCUT2D eigenvalue weighted by atomic mass is 10.1. The van der Waals surface area contributed by atoms with E-state index in [1.807, 2.05) is 0 Å². The van der Waals surface area contributed by atoms with Gasteiger partial charge in [0, 0.05) is 13.2 Å². The second-order valence-corrected chi connectivity index (χ2v) is 5.41. The lowest BCUT2D eigenvalue weighted by Gasteiger charge is -2.22. The van der Waals surface area contributed by atoms with Gasteiger partial charge >= 0.3 is 0 Å². The standard InChI is InChI=1S/C16H23FN2O2/c1-12-3-4-14(15(17)11-12)16(20)19-7-2-10-21-13-5-8-18-9-6-13/h3-4,11,13,18H,2,5-10H2,1H3,(H,19,20). The van der Waals surface area contributed by atoms with E-state index in [4.69, 9.17) is 4.74 Å². The summed E-state index contributed by atoms with van der Waals surface area (Å²) in [5, 5.41) is 6.01. The summed E-state index contributed by atoms with van der Waals surface area (Å²) in [6.45, 7) is 4.93. The number of piperidine rings is 1. The highest BCUT2D eigenvalue weighted by Crippen LogP contribution is 2.10. The number of rotatable bonds is 6. The Bertz CT molecular complexity index is 473. The van der Waals surface area contributed by atoms with Gasteiger partial charge in [0.25, 0.3) is 5.91 Å². The first-order valence-electron chi connectivity index (χ1n) is 7.53. The first-order valence-corrected chi connectivity index (χ1v) is 7.53. The molecule has 0 unspecified atom stereocenters. The molecule has 4 nitrogen and oxygen atoms in total. The molecule has 0 spiro atoms. The van der Waals surface area contributed by atoms with E-state index in [-0.39, 0.29) is 11.5 Å². The van der Waals surface area contributed by atoms with Gasteiger partial charge in [-0.05, 0) is 57.0 Å². The summed E-state index contributed by atoms with van der Waals surface area (Å²) >= 11 is 0. The Labute approximate surface area is 125 Å². The van der Waals surface area contributed by atoms with Crippen molar-refractivity contribution >= 4 is 5.91 Å². The smallest absolute Gasteiger partial charge is 0.254 e. The second kappa shape index (κ2) is 8.10. The van der Waals surface area contributed by atoms with Gasteiger partial charge in [0.05, 0.1) is 11.7 Å². The van der Waals surface area contributed by atoms with Crippen LogP contribution >= 0.6 is 0 Å². The third-order valence-electron chi connectivity index (χ3n) is 3.62. The van der Waals surface area contributed by atoms with Crippen LogP contribution in [0.3, 0.4) is 0 Å². The quantitative estimate of drug-likeness (QED) is 0.789. The van der Waals surface area contributed by atoms with Crippen molar-refractivity contribution in [1.29, 1.82) is 0 Å². The molecule has 1 saturated heterocycles. The van der Waals surface area contributed by atoms with Crippen LogP contribution in [0, 0.1) is 12.7 Å². The highest BCUT2D eigenvalue weighted by molar-refractivity contribution is 5.94. The van der Waals surface area contributed by atoms with Crippen LogP contribution in [-0.2, 0) is 4.74 Å². The summed E-state index contributed by atoms with van der Waals surface area (Å²) < 4.78 is 19.4. The molecule has 5 heteroatoms. The summed E-state index contributed by atoms with van der Waals surface area (Å²) in [5.41, 5.74) is 0.902. The van der Waals surface area contributed by atoms with E-state index in [1.54, 1.807) is 13.0 Å². The van der Waals surface area contributed by atoms with Crippen molar-refractivity contribution in [1.82, 2.24) is 10.6 Å². The van der Waals surface area contributed by atoms with E-state index in [9.17, 15) is 9.18 Å². The van der Waals surface area contributed by atoms with E-state index < -0.39 is 5.82 Å². The molecule has 1 fully saturated rings. The summed E-state index contributed by atoms with van der Waals surface area (Å²) in [5.74, 6) is -0.840. The molecule has 0 aliphatic carbocycles. The molecule has 0 saturated carbocycles. The molecule has 1 heterocycles. The molecule has 0 aromatic heterocycles. The highest BCUT2D eigenvalue weighted by Gasteiger charge is 2.13. The number of ether oxygens (including phenoxy) is 1. The number of aryl methyl sites for hydroxylation is 1. The zero-order valence-corrected chi connectivity index (χ0v) is 12.5. The van der Waals surface area contributed by atoms with E-state index in [0.29, 0.717) is 19.3 Å². The van der Waals surface area contributed by atoms with Gasteiger partial charge in [0.2, 0.25) is 0 Å². The molecule has 1 aliphatic rings. The molecule has 2 N–H and O–H groups in total. The maximum absolute atomic E-state index is 13.6. The Morgan fingerprint density at radius 2 is 2.19 bits per heavy atom. The van der Waals surface area contributed by atoms with Crippen LogP contribution in [-0.4, -0.2) is 38.3 Å². The van der Waals surface area contributed by atoms with Gasteiger partial charge in [-0.3, -0.25) is 4.79 Å².